The van der Waals surface area contributed by atoms with Gasteiger partial charge in [-0.2, -0.15) is 0 Å². The van der Waals surface area contributed by atoms with Gasteiger partial charge in [-0.25, -0.2) is 0 Å². The summed E-state index contributed by atoms with van der Waals surface area (Å²) in [7, 11) is 2.08. The highest BCUT2D eigenvalue weighted by Crippen LogP contribution is 2.60. The average Bonchev–Trinajstić information content (AvgIpc) is 2.88. The number of fused-ring (bicyclic) bond motifs is 3. The predicted molar refractivity (Wildman–Crippen MR) is 140 cm³/mol. The summed E-state index contributed by atoms with van der Waals surface area (Å²) in [6, 6.07) is 15.9. The second-order valence-corrected chi connectivity index (χ2v) is 11.4. The van der Waals surface area contributed by atoms with Crippen LogP contribution in [0.3, 0.4) is 0 Å². The largest absolute Gasteiger partial charge is 0.484 e. The fourth-order valence-electron chi connectivity index (χ4n) is 7.09. The Morgan fingerprint density at radius 1 is 1.08 bits per heavy atom. The third kappa shape index (κ3) is 4.23. The number of carbonyl (C=O) groups is 1. The maximum absolute atomic E-state index is 12.6. The van der Waals surface area contributed by atoms with Gasteiger partial charge in [0.1, 0.15) is 11.4 Å². The van der Waals surface area contributed by atoms with Crippen molar-refractivity contribution in [1.29, 1.82) is 0 Å². The van der Waals surface area contributed by atoms with Crippen LogP contribution in [0.1, 0.15) is 56.2 Å². The Labute approximate surface area is 214 Å². The third-order valence-corrected chi connectivity index (χ3v) is 9.35. The van der Waals surface area contributed by atoms with E-state index in [1.54, 1.807) is 6.92 Å². The Bertz CT molecular complexity index is 1100. The summed E-state index contributed by atoms with van der Waals surface area (Å²) in [5, 5.41) is 23.6. The molecular formula is C30H40N2O4. The fourth-order valence-corrected chi connectivity index (χ4v) is 7.09. The van der Waals surface area contributed by atoms with Crippen molar-refractivity contribution in [1.82, 2.24) is 9.80 Å². The van der Waals surface area contributed by atoms with Crippen molar-refractivity contribution in [2.24, 2.45) is 5.92 Å². The van der Waals surface area contributed by atoms with E-state index in [0.29, 0.717) is 12.8 Å². The minimum Gasteiger partial charge on any atom is -0.484 e. The Morgan fingerprint density at radius 2 is 1.81 bits per heavy atom. The molecule has 3 aliphatic rings. The van der Waals surface area contributed by atoms with Crippen LogP contribution in [0.2, 0.25) is 0 Å². The Balaban J connectivity index is 1.36. The van der Waals surface area contributed by atoms with Crippen LogP contribution in [-0.2, 0) is 22.2 Å². The van der Waals surface area contributed by atoms with Crippen LogP contribution in [0.4, 0.5) is 0 Å². The van der Waals surface area contributed by atoms with Crippen molar-refractivity contribution in [3.63, 3.8) is 0 Å². The van der Waals surface area contributed by atoms with E-state index < -0.39 is 11.2 Å². The summed E-state index contributed by atoms with van der Waals surface area (Å²) >= 11 is 0. The number of hydrogen-bond donors (Lipinski definition) is 2. The lowest BCUT2D eigenvalue weighted by atomic mass is 9.49. The Hall–Kier alpha value is -2.41. The van der Waals surface area contributed by atoms with Gasteiger partial charge in [-0.15, -0.1) is 0 Å². The van der Waals surface area contributed by atoms with Crippen molar-refractivity contribution in [2.75, 3.05) is 39.8 Å². The van der Waals surface area contributed by atoms with E-state index in [4.69, 9.17) is 4.74 Å². The molecule has 2 N–H and O–H groups in total. The quantitative estimate of drug-likeness (QED) is 0.669. The summed E-state index contributed by atoms with van der Waals surface area (Å²) in [6.45, 7) is 7.34. The zero-order valence-electron chi connectivity index (χ0n) is 21.9. The van der Waals surface area contributed by atoms with E-state index in [-0.39, 0.29) is 23.8 Å². The molecule has 0 spiro atoms. The number of piperazine rings is 1. The van der Waals surface area contributed by atoms with Gasteiger partial charge in [0.05, 0.1) is 5.60 Å². The van der Waals surface area contributed by atoms with Crippen LogP contribution in [0.5, 0.6) is 5.75 Å². The smallest absolute Gasteiger partial charge is 0.260 e. The molecule has 6 heteroatoms. The van der Waals surface area contributed by atoms with Gasteiger partial charge in [0.15, 0.2) is 6.61 Å². The molecule has 1 unspecified atom stereocenters. The molecule has 0 bridgehead atoms. The van der Waals surface area contributed by atoms with Crippen molar-refractivity contribution in [2.45, 2.75) is 62.6 Å². The molecule has 194 valence electrons. The molecule has 1 heterocycles. The molecule has 1 amide bonds. The molecule has 36 heavy (non-hydrogen) atoms. The zero-order chi connectivity index (χ0) is 25.6. The van der Waals surface area contributed by atoms with Crippen molar-refractivity contribution in [3.05, 3.63) is 65.2 Å². The van der Waals surface area contributed by atoms with Gasteiger partial charge in [-0.3, -0.25) is 4.79 Å². The van der Waals surface area contributed by atoms with Crippen molar-refractivity contribution < 1.29 is 19.7 Å². The molecule has 6 nitrogen and oxygen atoms in total. The maximum Gasteiger partial charge on any atom is 0.260 e. The Kier molecular flexibility index (Phi) is 6.64. The number of aliphatic hydroxyl groups is 2. The van der Waals surface area contributed by atoms with E-state index >= 15 is 0 Å². The van der Waals surface area contributed by atoms with Crippen LogP contribution in [0, 0.1) is 5.92 Å². The molecule has 1 saturated heterocycles. The van der Waals surface area contributed by atoms with E-state index in [2.05, 4.69) is 31.0 Å². The molecular weight excluding hydrogens is 452 g/mol. The first-order valence-corrected chi connectivity index (χ1v) is 13.4. The van der Waals surface area contributed by atoms with Crippen molar-refractivity contribution in [3.8, 4) is 5.75 Å². The topological polar surface area (TPSA) is 73.2 Å². The molecule has 1 aliphatic heterocycles. The number of nitrogens with zero attached hydrogens (tertiary/aromatic N) is 2. The molecule has 5 rings (SSSR count). The normalized spacial score (nSPS) is 32.5. The molecule has 2 fully saturated rings. The molecule has 4 atom stereocenters. The zero-order valence-corrected chi connectivity index (χ0v) is 21.9. The lowest BCUT2D eigenvalue weighted by molar-refractivity contribution is -0.205. The second kappa shape index (κ2) is 9.47. The maximum atomic E-state index is 12.6. The van der Waals surface area contributed by atoms with Gasteiger partial charge in [-0.1, -0.05) is 43.3 Å². The van der Waals surface area contributed by atoms with Crippen LogP contribution < -0.4 is 4.74 Å². The number of hydrogen-bond acceptors (Lipinski definition) is 5. The van der Waals surface area contributed by atoms with E-state index in [1.165, 1.54) is 11.1 Å². The van der Waals surface area contributed by atoms with Gasteiger partial charge >= 0.3 is 0 Å². The lowest BCUT2D eigenvalue weighted by Crippen LogP contribution is -2.62. The van der Waals surface area contributed by atoms with Crippen LogP contribution in [-0.4, -0.2) is 71.4 Å². The van der Waals surface area contributed by atoms with Gasteiger partial charge in [0.2, 0.25) is 0 Å². The molecule has 0 aromatic heterocycles. The summed E-state index contributed by atoms with van der Waals surface area (Å²) in [6.07, 6.45) is 3.79. The molecule has 2 aromatic rings. The second-order valence-electron chi connectivity index (χ2n) is 11.4. The lowest BCUT2D eigenvalue weighted by Gasteiger charge is -2.59. The van der Waals surface area contributed by atoms with E-state index in [9.17, 15) is 15.0 Å². The highest BCUT2D eigenvalue weighted by molar-refractivity contribution is 5.78. The molecule has 2 aromatic carbocycles. The summed E-state index contributed by atoms with van der Waals surface area (Å²) in [5.74, 6) is 1.03. The standard InChI is InChI=1S/C30H40N2O4/c1-4-29-21-28(2,34)30(35,23-8-6-5-7-9-23)19-24(29)11-10-22-18-25(12-13-26(22)29)36-20-27(33)32-16-14-31(3)15-17-32/h5-9,12-13,18,24,34-35H,4,10-11,14-17,19-21H2,1-3H3/t24-,28?,29-,30-/m1/s1. The van der Waals surface area contributed by atoms with Gasteiger partial charge < -0.3 is 24.7 Å². The number of carbonyl (C=O) groups excluding carboxylic acids is 1. The summed E-state index contributed by atoms with van der Waals surface area (Å²) < 4.78 is 5.95. The molecule has 1 saturated carbocycles. The Morgan fingerprint density at radius 3 is 2.50 bits per heavy atom. The first-order valence-electron chi connectivity index (χ1n) is 13.4. The first kappa shape index (κ1) is 25.2. The number of likely N-dealkylation sites (N-methyl/N-ethyl adjacent to an activating group) is 1. The number of benzene rings is 2. The minimum absolute atomic E-state index is 0.0365. The third-order valence-electron chi connectivity index (χ3n) is 9.35. The fraction of sp³-hybridized carbons (Fsp3) is 0.567. The summed E-state index contributed by atoms with van der Waals surface area (Å²) in [4.78, 5) is 16.7. The number of amides is 1. The van der Waals surface area contributed by atoms with E-state index in [0.717, 1.165) is 56.8 Å². The first-order chi connectivity index (χ1) is 17.2. The summed E-state index contributed by atoms with van der Waals surface area (Å²) in [5.41, 5.74) is 0.542. The number of ether oxygens (including phenoxy) is 1. The number of aryl methyl sites for hydroxylation is 1. The predicted octanol–water partition coefficient (Wildman–Crippen LogP) is 3.48. The average molecular weight is 493 g/mol. The van der Waals surface area contributed by atoms with Gasteiger partial charge in [0.25, 0.3) is 5.91 Å². The minimum atomic E-state index is -1.28. The van der Waals surface area contributed by atoms with E-state index in [1.807, 2.05) is 41.3 Å². The molecule has 0 radical (unpaired) electrons. The van der Waals surface area contributed by atoms with Gasteiger partial charge in [0, 0.05) is 31.6 Å². The number of rotatable bonds is 5. The van der Waals surface area contributed by atoms with Crippen LogP contribution >= 0.6 is 0 Å². The molecule has 2 aliphatic carbocycles. The van der Waals surface area contributed by atoms with Crippen LogP contribution in [0.15, 0.2) is 48.5 Å². The van der Waals surface area contributed by atoms with Gasteiger partial charge in [-0.05, 0) is 80.8 Å². The van der Waals surface area contributed by atoms with Crippen LogP contribution in [0.25, 0.3) is 0 Å². The SMILES string of the molecule is CC[C@@]12CC(C)(O)[C@](O)(c3ccccc3)C[C@H]1CCc1cc(OCC(=O)N3CCN(C)CC3)ccc12. The monoisotopic (exact) mass is 492 g/mol. The van der Waals surface area contributed by atoms with Crippen molar-refractivity contribution >= 4 is 5.91 Å². The highest BCUT2D eigenvalue weighted by Gasteiger charge is 2.60. The highest BCUT2D eigenvalue weighted by atomic mass is 16.5.